The van der Waals surface area contributed by atoms with E-state index in [2.05, 4.69) is 108 Å². The molecule has 0 radical (unpaired) electrons. The van der Waals surface area contributed by atoms with Crippen LogP contribution in [0, 0.1) is 21.7 Å². The number of carboxylic acid groups (broad SMARTS) is 1. The minimum absolute atomic E-state index is 0. The largest absolute Gasteiger partial charge is 0.481 e. The number of carbonyl (C=O) groups excluding carboxylic acids is 9. The van der Waals surface area contributed by atoms with Crippen LogP contribution in [0.3, 0.4) is 0 Å². The van der Waals surface area contributed by atoms with Crippen LogP contribution in [-0.4, -0.2) is 214 Å². The fourth-order valence-corrected chi connectivity index (χ4v) is 19.9. The molecular formula is C102H122Cl2N18O13. The van der Waals surface area contributed by atoms with Crippen molar-refractivity contribution in [1.82, 2.24) is 65.7 Å². The first-order valence-corrected chi connectivity index (χ1v) is 47.0. The van der Waals surface area contributed by atoms with Crippen molar-refractivity contribution in [1.29, 1.82) is 0 Å². The van der Waals surface area contributed by atoms with Crippen molar-refractivity contribution in [3.05, 3.63) is 222 Å². The number of rotatable bonds is 15. The standard InChI is InChI=1S/C38H41N7O4.C26H27N5O3.C13H18N2O2.C12H16N2O2.C8H15NO2.C5H4ClN.ClH/c1-37(13-18-42(19-14-37)31-8-3-4-17-39-31)36(49)43-20-15-38(2,16-21-43)44-24-25(23-40-44)22-26-9-10-29-33-27(26)6-5-7-28(33)35(48)45(29)30-11-12-32(46)41-34(30)47;1-26(9-11-27-12-10-26)30-15-16(14-28-30)13-17-5-6-20-23-18(17)3-2-4-19(23)25(34)31(20)21-7-8-22(32)29-24(21)33;1-13(12(16)17-2)6-9-15(10-7-13)11-5-3-4-8-14-11;1-12(11(15)16)5-8-14(9-6-12)10-4-2-3-7-13-10;1-8(7(10)11-2)3-5-9-6-4-8;6-5-3-1-2-4-7-5;/h3-10,17,23-24,30H,11-16,18-22H2,1-2H3,(H,41,46,47);2-6,14-15,21,27H,7-13H2,1H3,(H,29,32,33);3-5,8H,6-7,9-10H2,1-2H3;2-4,7H,5-6,8-9H2,1H3,(H,15,16);9H,3-6H2,1-2H3;1-4H;1H. The van der Waals surface area contributed by atoms with E-state index < -0.39 is 35.3 Å². The van der Waals surface area contributed by atoms with Crippen molar-refractivity contribution in [3.63, 3.8) is 0 Å². The van der Waals surface area contributed by atoms with E-state index in [9.17, 15) is 47.9 Å². The number of imide groups is 2. The van der Waals surface area contributed by atoms with E-state index in [0.717, 1.165) is 197 Å². The van der Waals surface area contributed by atoms with Crippen molar-refractivity contribution < 1.29 is 62.5 Å². The lowest BCUT2D eigenvalue weighted by Crippen LogP contribution is -2.53. The molecule has 6 aromatic heterocycles. The normalized spacial score (nSPS) is 20.4. The second kappa shape index (κ2) is 42.6. The number of anilines is 5. The van der Waals surface area contributed by atoms with Crippen LogP contribution in [0.1, 0.15) is 187 Å². The predicted molar refractivity (Wildman–Crippen MR) is 519 cm³/mol. The van der Waals surface area contributed by atoms with E-state index in [0.29, 0.717) is 73.6 Å². The molecule has 712 valence electrons. The lowest BCUT2D eigenvalue weighted by Gasteiger charge is -2.45. The molecule has 2 unspecified atom stereocenters. The van der Waals surface area contributed by atoms with E-state index in [1.807, 2.05) is 167 Å². The predicted octanol–water partition coefficient (Wildman–Crippen LogP) is 13.3. The molecule has 7 amide bonds. The summed E-state index contributed by atoms with van der Waals surface area (Å²) in [6.45, 7) is 22.5. The zero-order valence-electron chi connectivity index (χ0n) is 78.1. The van der Waals surface area contributed by atoms with Gasteiger partial charge in [0.25, 0.3) is 11.8 Å². The summed E-state index contributed by atoms with van der Waals surface area (Å²) in [7, 11) is 2.91. The smallest absolute Gasteiger partial charge is 0.311 e. The molecule has 5 N–H and O–H groups in total. The first-order chi connectivity index (χ1) is 64.4. The van der Waals surface area contributed by atoms with Gasteiger partial charge in [-0.1, -0.05) is 79.2 Å². The van der Waals surface area contributed by atoms with Gasteiger partial charge in [0.1, 0.15) is 34.7 Å². The number of benzene rings is 4. The number of halogens is 2. The third-order valence-corrected chi connectivity index (χ3v) is 29.1. The number of amides is 7. The SMILES string of the molecule is CC1(C(=O)N2CCC(C)(n3cc(Cc4ccc5c6c(cccc46)C(=O)N5C4CCC(=O)NC4=O)cn3)CC2)CCN(c2ccccn2)CC1.CC1(C(=O)O)CCN(c2ccccn2)CC1.CC1(n2cc(Cc3ccc4c5c(cccc35)C(=O)N4C3CCC(=O)NC3=O)cn2)CCNCC1.COC(=O)C1(C)CCN(c2ccccn2)CC1.COC(=O)C1(C)CCNCC1.Cl.Clc1ccccn1. The molecule has 2 atom stereocenters. The van der Waals surface area contributed by atoms with Gasteiger partial charge in [-0.25, -0.2) is 19.9 Å². The molecule has 31 nitrogen and oxygen atoms in total. The molecule has 16 heterocycles. The highest BCUT2D eigenvalue weighted by atomic mass is 35.5. The number of hydrogen-bond acceptors (Lipinski definition) is 23. The number of aromatic nitrogens is 8. The van der Waals surface area contributed by atoms with Crippen LogP contribution in [0.5, 0.6) is 0 Å². The van der Waals surface area contributed by atoms with Gasteiger partial charge in [-0.05, 0) is 257 Å². The second-order valence-electron chi connectivity index (χ2n) is 38.2. The summed E-state index contributed by atoms with van der Waals surface area (Å²) in [4.78, 5) is 152. The first kappa shape index (κ1) is 98.4. The molecule has 8 saturated heterocycles. The minimum Gasteiger partial charge on any atom is -0.481 e. The van der Waals surface area contributed by atoms with E-state index >= 15 is 0 Å². The Morgan fingerprint density at radius 1 is 0.437 bits per heavy atom. The molecular weight excluding hydrogens is 1760 g/mol. The Morgan fingerprint density at radius 3 is 1.18 bits per heavy atom. The number of pyridine rings is 4. The molecule has 135 heavy (non-hydrogen) atoms. The summed E-state index contributed by atoms with van der Waals surface area (Å²) in [6.07, 6.45) is 27.8. The summed E-state index contributed by atoms with van der Waals surface area (Å²) in [6, 6.07) is 41.1. The highest BCUT2D eigenvalue weighted by Crippen LogP contribution is 2.46. The Kier molecular flexibility index (Phi) is 31.0. The Balaban J connectivity index is 0.000000146. The number of nitrogens with zero attached hydrogens (tertiary/aromatic N) is 14. The van der Waals surface area contributed by atoms with Gasteiger partial charge in [0, 0.05) is 143 Å². The van der Waals surface area contributed by atoms with E-state index in [-0.39, 0.29) is 94.0 Å². The van der Waals surface area contributed by atoms with E-state index in [4.69, 9.17) is 31.3 Å². The van der Waals surface area contributed by atoms with Crippen LogP contribution in [0.4, 0.5) is 28.8 Å². The highest BCUT2D eigenvalue weighted by Gasteiger charge is 2.47. The van der Waals surface area contributed by atoms with Crippen molar-refractivity contribution in [2.75, 3.05) is 117 Å². The molecule has 0 aliphatic carbocycles. The van der Waals surface area contributed by atoms with Crippen LogP contribution in [-0.2, 0) is 71.7 Å². The number of methoxy groups -OCH3 is 2. The molecule has 0 bridgehead atoms. The number of piperidine rings is 8. The van der Waals surface area contributed by atoms with Gasteiger partial charge in [0.05, 0.1) is 65.3 Å². The molecule has 10 aliphatic rings. The number of likely N-dealkylation sites (tertiary alicyclic amines) is 1. The summed E-state index contributed by atoms with van der Waals surface area (Å²) in [5.41, 5.74) is 5.37. The van der Waals surface area contributed by atoms with Crippen LogP contribution < -0.4 is 45.8 Å². The van der Waals surface area contributed by atoms with Gasteiger partial charge in [0.15, 0.2) is 0 Å². The van der Waals surface area contributed by atoms with Crippen molar-refractivity contribution >= 4 is 134 Å². The average Bonchev–Trinajstić information content (AvgIpc) is 1.58. The number of hydrogen-bond donors (Lipinski definition) is 5. The summed E-state index contributed by atoms with van der Waals surface area (Å²) in [5, 5.41) is 34.3. The van der Waals surface area contributed by atoms with Crippen molar-refractivity contribution in [3.8, 4) is 0 Å². The number of carbonyl (C=O) groups is 10. The van der Waals surface area contributed by atoms with Crippen LogP contribution in [0.25, 0.3) is 21.5 Å². The Bertz CT molecular complexity index is 5920. The maximum Gasteiger partial charge on any atom is 0.311 e. The molecule has 10 aliphatic heterocycles. The lowest BCUT2D eigenvalue weighted by molar-refractivity contribution is -0.153. The van der Waals surface area contributed by atoms with Gasteiger partial charge in [-0.15, -0.1) is 12.4 Å². The van der Waals surface area contributed by atoms with Gasteiger partial charge >= 0.3 is 17.9 Å². The zero-order chi connectivity index (χ0) is 94.7. The Labute approximate surface area is 798 Å². The first-order valence-electron chi connectivity index (χ1n) is 46.6. The van der Waals surface area contributed by atoms with Gasteiger partial charge in [0.2, 0.25) is 29.5 Å². The fraction of sp³-hybridized carbons (Fsp3) is 0.451. The number of carboxylic acids is 1. The third-order valence-electron chi connectivity index (χ3n) is 28.9. The number of nitrogens with one attached hydrogen (secondary N) is 4. The molecule has 0 saturated carbocycles. The Morgan fingerprint density at radius 2 is 0.815 bits per heavy atom. The number of esters is 2. The molecule has 20 rings (SSSR count). The van der Waals surface area contributed by atoms with Gasteiger partial charge < -0.3 is 44.8 Å². The highest BCUT2D eigenvalue weighted by molar-refractivity contribution is 6.30. The third kappa shape index (κ3) is 21.9. The summed E-state index contributed by atoms with van der Waals surface area (Å²) >= 11 is 5.43. The second-order valence-corrected chi connectivity index (χ2v) is 38.5. The maximum absolute atomic E-state index is 13.8. The molecule has 10 aromatic rings. The molecule has 8 fully saturated rings. The molecule has 33 heteroatoms. The van der Waals surface area contributed by atoms with E-state index in [1.54, 1.807) is 34.5 Å². The van der Waals surface area contributed by atoms with Crippen LogP contribution in [0.15, 0.2) is 183 Å². The lowest BCUT2D eigenvalue weighted by atomic mass is 9.78. The van der Waals surface area contributed by atoms with Crippen molar-refractivity contribution in [2.45, 2.75) is 180 Å². The fourth-order valence-electron chi connectivity index (χ4n) is 19.8. The topological polar surface area (TPSA) is 364 Å². The van der Waals surface area contributed by atoms with Gasteiger partial charge in [-0.3, -0.25) is 77.7 Å². The minimum atomic E-state index is -0.708. The summed E-state index contributed by atoms with van der Waals surface area (Å²) < 4.78 is 13.8. The summed E-state index contributed by atoms with van der Waals surface area (Å²) in [5.74, 6) is 0.491. The van der Waals surface area contributed by atoms with Crippen molar-refractivity contribution in [2.24, 2.45) is 21.7 Å². The number of aliphatic carboxylic acids is 1. The van der Waals surface area contributed by atoms with Crippen LogP contribution >= 0.6 is 24.0 Å². The van der Waals surface area contributed by atoms with Gasteiger partial charge in [-0.2, -0.15) is 10.2 Å². The van der Waals surface area contributed by atoms with E-state index in [1.165, 1.54) is 14.2 Å². The Hall–Kier alpha value is -12.6. The molecule has 4 aromatic carbocycles. The maximum atomic E-state index is 13.8. The quantitative estimate of drug-likeness (QED) is 0.0361. The zero-order valence-corrected chi connectivity index (χ0v) is 79.7. The van der Waals surface area contributed by atoms with Crippen LogP contribution in [0.2, 0.25) is 5.15 Å². The number of ether oxygens (including phenoxy) is 2. The monoisotopic (exact) mass is 1880 g/mol. The molecule has 0 spiro atoms. The average molecular weight is 1880 g/mol.